The third kappa shape index (κ3) is 3.57. The normalized spacial score (nSPS) is 12.9. The first-order valence-corrected chi connectivity index (χ1v) is 8.87. The Kier molecular flexibility index (Phi) is 4.78. The van der Waals surface area contributed by atoms with E-state index < -0.39 is 0 Å². The van der Waals surface area contributed by atoms with E-state index in [9.17, 15) is 0 Å². The molecule has 110 valence electrons. The van der Waals surface area contributed by atoms with Gasteiger partial charge in [-0.2, -0.15) is 0 Å². The number of aryl methyl sites for hydroxylation is 1. The van der Waals surface area contributed by atoms with Crippen molar-refractivity contribution in [3.8, 4) is 0 Å². The quantitative estimate of drug-likeness (QED) is 0.595. The zero-order valence-corrected chi connectivity index (χ0v) is 14.5. The molecule has 0 aliphatic heterocycles. The van der Waals surface area contributed by atoms with Gasteiger partial charge in [0.1, 0.15) is 0 Å². The summed E-state index contributed by atoms with van der Waals surface area (Å²) in [6.07, 6.45) is 3.32. The van der Waals surface area contributed by atoms with Crippen LogP contribution in [-0.4, -0.2) is 11.1 Å². The molecule has 2 aromatic heterocycles. The molecule has 0 saturated carbocycles. The smallest absolute Gasteiger partial charge is 0.0701 e. The highest BCUT2D eigenvalue weighted by molar-refractivity contribution is 9.11. The van der Waals surface area contributed by atoms with Crippen molar-refractivity contribution < 1.29 is 0 Å². The van der Waals surface area contributed by atoms with Gasteiger partial charge in [-0.05, 0) is 65.5 Å². The maximum absolute atomic E-state index is 3.60. The van der Waals surface area contributed by atoms with E-state index in [4.69, 9.17) is 0 Å². The number of para-hydroxylation sites is 1. The zero-order chi connectivity index (χ0) is 14.7. The number of thiophene rings is 1. The Labute approximate surface area is 137 Å². The number of hydrogen-bond donors (Lipinski definition) is 1. The molecule has 0 spiro atoms. The fourth-order valence-electron chi connectivity index (χ4n) is 2.57. The third-order valence-corrected chi connectivity index (χ3v) is 5.53. The molecule has 1 unspecified atom stereocenters. The van der Waals surface area contributed by atoms with E-state index in [2.05, 4.69) is 81.4 Å². The van der Waals surface area contributed by atoms with Gasteiger partial charge in [0.25, 0.3) is 0 Å². The maximum atomic E-state index is 3.60. The summed E-state index contributed by atoms with van der Waals surface area (Å²) in [5.41, 5.74) is 1.33. The largest absolute Gasteiger partial charge is 0.347 e. The molecule has 3 aromatic rings. The molecule has 21 heavy (non-hydrogen) atoms. The van der Waals surface area contributed by atoms with Crippen LogP contribution < -0.4 is 5.32 Å². The summed E-state index contributed by atoms with van der Waals surface area (Å²) in [5, 5.41) is 4.92. The molecule has 0 bridgehead atoms. The van der Waals surface area contributed by atoms with Gasteiger partial charge in [0.05, 0.1) is 3.79 Å². The van der Waals surface area contributed by atoms with Gasteiger partial charge in [-0.1, -0.05) is 18.2 Å². The van der Waals surface area contributed by atoms with E-state index in [1.807, 2.05) is 0 Å². The Hall–Kier alpha value is -1.10. The number of fused-ring (bicyclic) bond motifs is 1. The number of benzene rings is 1. The van der Waals surface area contributed by atoms with Gasteiger partial charge < -0.3 is 9.88 Å². The van der Waals surface area contributed by atoms with Crippen LogP contribution in [0.25, 0.3) is 10.9 Å². The number of rotatable bonds is 6. The number of aromatic nitrogens is 1. The Morgan fingerprint density at radius 3 is 2.86 bits per heavy atom. The van der Waals surface area contributed by atoms with Crippen molar-refractivity contribution in [1.82, 2.24) is 9.88 Å². The van der Waals surface area contributed by atoms with Gasteiger partial charge in [-0.15, -0.1) is 11.3 Å². The number of nitrogens with zero attached hydrogens (tertiary/aromatic N) is 1. The summed E-state index contributed by atoms with van der Waals surface area (Å²) >= 11 is 5.32. The van der Waals surface area contributed by atoms with Crippen molar-refractivity contribution in [1.29, 1.82) is 0 Å². The van der Waals surface area contributed by atoms with Gasteiger partial charge in [0.15, 0.2) is 0 Å². The Balaban J connectivity index is 1.50. The molecule has 0 saturated heterocycles. The molecule has 3 rings (SSSR count). The lowest BCUT2D eigenvalue weighted by atomic mass is 10.2. The molecule has 0 fully saturated rings. The van der Waals surface area contributed by atoms with E-state index >= 15 is 0 Å². The fourth-order valence-corrected chi connectivity index (χ4v) is 4.02. The molecule has 0 amide bonds. The second kappa shape index (κ2) is 6.77. The van der Waals surface area contributed by atoms with E-state index in [1.165, 1.54) is 19.6 Å². The van der Waals surface area contributed by atoms with Crippen LogP contribution in [-0.2, 0) is 6.54 Å². The fraction of sp³-hybridized carbons (Fsp3) is 0.294. The average molecular weight is 363 g/mol. The van der Waals surface area contributed by atoms with E-state index in [1.54, 1.807) is 11.3 Å². The third-order valence-electron chi connectivity index (χ3n) is 3.73. The monoisotopic (exact) mass is 362 g/mol. The Bertz CT molecular complexity index is 716. The number of halogens is 1. The minimum Gasteiger partial charge on any atom is -0.347 e. The van der Waals surface area contributed by atoms with Crippen molar-refractivity contribution in [3.05, 3.63) is 57.3 Å². The molecule has 0 aliphatic carbocycles. The van der Waals surface area contributed by atoms with Crippen LogP contribution in [0.1, 0.15) is 24.3 Å². The number of hydrogen-bond acceptors (Lipinski definition) is 2. The average Bonchev–Trinajstić information content (AvgIpc) is 3.10. The van der Waals surface area contributed by atoms with Crippen molar-refractivity contribution in [2.45, 2.75) is 25.9 Å². The van der Waals surface area contributed by atoms with Crippen molar-refractivity contribution in [3.63, 3.8) is 0 Å². The summed E-state index contributed by atoms with van der Waals surface area (Å²) < 4.78 is 3.54. The van der Waals surface area contributed by atoms with Crippen LogP contribution >= 0.6 is 27.3 Å². The summed E-state index contributed by atoms with van der Waals surface area (Å²) in [5.74, 6) is 0. The van der Waals surface area contributed by atoms with Gasteiger partial charge in [-0.25, -0.2) is 0 Å². The highest BCUT2D eigenvalue weighted by atomic mass is 79.9. The van der Waals surface area contributed by atoms with Crippen molar-refractivity contribution in [2.24, 2.45) is 0 Å². The van der Waals surface area contributed by atoms with Crippen LogP contribution in [0, 0.1) is 0 Å². The molecule has 0 radical (unpaired) electrons. The predicted octanol–water partition coefficient (Wildman–Crippen LogP) is 5.21. The highest BCUT2D eigenvalue weighted by Crippen LogP contribution is 2.26. The molecular formula is C17H19BrN2S. The van der Waals surface area contributed by atoms with Crippen LogP contribution in [0.15, 0.2) is 52.4 Å². The zero-order valence-electron chi connectivity index (χ0n) is 12.1. The summed E-state index contributed by atoms with van der Waals surface area (Å²) in [6, 6.07) is 15.5. The summed E-state index contributed by atoms with van der Waals surface area (Å²) in [7, 11) is 0. The van der Waals surface area contributed by atoms with E-state index in [0.29, 0.717) is 6.04 Å². The molecular weight excluding hydrogens is 344 g/mol. The minimum absolute atomic E-state index is 0.419. The maximum Gasteiger partial charge on any atom is 0.0701 e. The molecule has 2 nitrogen and oxygen atoms in total. The van der Waals surface area contributed by atoms with Crippen molar-refractivity contribution in [2.75, 3.05) is 6.54 Å². The second-order valence-corrected chi connectivity index (χ2v) is 7.73. The Morgan fingerprint density at radius 2 is 2.05 bits per heavy atom. The van der Waals surface area contributed by atoms with Crippen molar-refractivity contribution >= 4 is 38.2 Å². The van der Waals surface area contributed by atoms with Gasteiger partial charge in [-0.3, -0.25) is 0 Å². The van der Waals surface area contributed by atoms with Crippen LogP contribution in [0.3, 0.4) is 0 Å². The molecule has 1 N–H and O–H groups in total. The first-order chi connectivity index (χ1) is 10.2. The van der Waals surface area contributed by atoms with Crippen LogP contribution in [0.5, 0.6) is 0 Å². The van der Waals surface area contributed by atoms with Gasteiger partial charge >= 0.3 is 0 Å². The lowest BCUT2D eigenvalue weighted by molar-refractivity contribution is 0.536. The minimum atomic E-state index is 0.419. The molecule has 1 atom stereocenters. The van der Waals surface area contributed by atoms with E-state index in [0.717, 1.165) is 19.5 Å². The first-order valence-electron chi connectivity index (χ1n) is 7.26. The van der Waals surface area contributed by atoms with Gasteiger partial charge in [0.2, 0.25) is 0 Å². The lowest BCUT2D eigenvalue weighted by Crippen LogP contribution is -2.20. The second-order valence-electron chi connectivity index (χ2n) is 5.24. The standard InChI is InChI=1S/C17H19BrN2S/c1-13(16-7-8-17(18)21-16)19-10-4-11-20-12-9-14-5-2-3-6-15(14)20/h2-3,5-9,12-13,19H,4,10-11H2,1H3. The van der Waals surface area contributed by atoms with Crippen LogP contribution in [0.4, 0.5) is 0 Å². The topological polar surface area (TPSA) is 17.0 Å². The number of nitrogens with one attached hydrogen (secondary N) is 1. The van der Waals surface area contributed by atoms with Crippen LogP contribution in [0.2, 0.25) is 0 Å². The Morgan fingerprint density at radius 1 is 1.19 bits per heavy atom. The summed E-state index contributed by atoms with van der Waals surface area (Å²) in [6.45, 7) is 4.31. The molecule has 4 heteroatoms. The van der Waals surface area contributed by atoms with Gasteiger partial charge in [0, 0.05) is 29.2 Å². The first kappa shape index (κ1) is 14.8. The molecule has 1 aromatic carbocycles. The SMILES string of the molecule is CC(NCCCn1ccc2ccccc21)c1ccc(Br)s1. The molecule has 0 aliphatic rings. The lowest BCUT2D eigenvalue weighted by Gasteiger charge is -2.12. The highest BCUT2D eigenvalue weighted by Gasteiger charge is 2.07. The molecule has 2 heterocycles. The predicted molar refractivity (Wildman–Crippen MR) is 95.0 cm³/mol. The van der Waals surface area contributed by atoms with E-state index in [-0.39, 0.29) is 0 Å². The summed E-state index contributed by atoms with van der Waals surface area (Å²) in [4.78, 5) is 1.38.